The monoisotopic (exact) mass is 327 g/mol. The van der Waals surface area contributed by atoms with E-state index in [0.717, 1.165) is 10.2 Å². The molecule has 0 bridgehead atoms. The second kappa shape index (κ2) is 4.56. The first kappa shape index (κ1) is 13.3. The van der Waals surface area contributed by atoms with Crippen LogP contribution in [0.2, 0.25) is 5.02 Å². The first-order valence-corrected chi connectivity index (χ1v) is 7.76. The van der Waals surface area contributed by atoms with Gasteiger partial charge in [0.2, 0.25) is 5.43 Å². The predicted octanol–water partition coefficient (Wildman–Crippen LogP) is 3.73. The van der Waals surface area contributed by atoms with Crippen LogP contribution in [0.1, 0.15) is 0 Å². The van der Waals surface area contributed by atoms with Gasteiger partial charge in [-0.1, -0.05) is 23.7 Å². The number of fused-ring (bicyclic) bond motifs is 4. The molecule has 0 spiro atoms. The number of nitrogen functional groups attached to an aromatic ring is 2. The van der Waals surface area contributed by atoms with Crippen molar-refractivity contribution in [2.75, 3.05) is 11.5 Å². The third kappa shape index (κ3) is 1.70. The van der Waals surface area contributed by atoms with Crippen molar-refractivity contribution in [3.63, 3.8) is 0 Å². The Hall–Kier alpha value is -2.37. The molecule has 0 aromatic heterocycles. The van der Waals surface area contributed by atoms with E-state index >= 15 is 0 Å². The van der Waals surface area contributed by atoms with E-state index in [9.17, 15) is 4.79 Å². The molecule has 2 aliphatic rings. The summed E-state index contributed by atoms with van der Waals surface area (Å²) in [5, 5.41) is 1.06. The van der Waals surface area contributed by atoms with Gasteiger partial charge in [-0.25, -0.2) is 4.98 Å². The second-order valence-corrected chi connectivity index (χ2v) is 6.43. The first-order valence-electron chi connectivity index (χ1n) is 6.56. The van der Waals surface area contributed by atoms with Crippen molar-refractivity contribution in [2.24, 2.45) is 0 Å². The standard InChI is InChI=1S/C16H10ClN3OS/c17-13-15(21)12-8(19)6-5-7(18)11(12)14-16(13)22-10-4-2-1-3-9(10)20-14/h1-6H,18-19H2. The van der Waals surface area contributed by atoms with Gasteiger partial charge in [0, 0.05) is 16.8 Å². The molecule has 0 amide bonds. The van der Waals surface area contributed by atoms with Gasteiger partial charge in [0.05, 0.1) is 26.2 Å². The van der Waals surface area contributed by atoms with Gasteiger partial charge in [-0.15, -0.1) is 11.3 Å². The smallest absolute Gasteiger partial charge is 0.208 e. The van der Waals surface area contributed by atoms with E-state index in [1.165, 1.54) is 11.3 Å². The van der Waals surface area contributed by atoms with E-state index in [1.54, 1.807) is 12.1 Å². The number of nitrogens with two attached hydrogens (primary N) is 2. The van der Waals surface area contributed by atoms with Crippen LogP contribution in [0, 0.1) is 0 Å². The fourth-order valence-corrected chi connectivity index (χ4v) is 3.94. The fraction of sp³-hybridized carbons (Fsp3) is 0. The minimum Gasteiger partial charge on any atom is -0.398 e. The number of rotatable bonds is 0. The highest BCUT2D eigenvalue weighted by Gasteiger charge is 2.22. The zero-order valence-corrected chi connectivity index (χ0v) is 12.8. The van der Waals surface area contributed by atoms with Gasteiger partial charge >= 0.3 is 0 Å². The van der Waals surface area contributed by atoms with Crippen LogP contribution in [0.4, 0.5) is 11.4 Å². The maximum Gasteiger partial charge on any atom is 0.208 e. The Morgan fingerprint density at radius 3 is 2.45 bits per heavy atom. The molecule has 1 heterocycles. The van der Waals surface area contributed by atoms with Crippen molar-refractivity contribution in [1.82, 2.24) is 4.98 Å². The van der Waals surface area contributed by atoms with Gasteiger partial charge in [0.1, 0.15) is 5.02 Å². The number of anilines is 2. The predicted molar refractivity (Wildman–Crippen MR) is 93.9 cm³/mol. The van der Waals surface area contributed by atoms with E-state index in [4.69, 9.17) is 23.1 Å². The van der Waals surface area contributed by atoms with Gasteiger partial charge in [0.15, 0.2) is 0 Å². The summed E-state index contributed by atoms with van der Waals surface area (Å²) in [4.78, 5) is 17.9. The normalized spacial score (nSPS) is 11.5. The molecule has 2 aromatic rings. The Kier molecular flexibility index (Phi) is 2.76. The number of hydrogen-bond donors (Lipinski definition) is 2. The summed E-state index contributed by atoms with van der Waals surface area (Å²) in [6.45, 7) is 0. The Morgan fingerprint density at radius 1 is 1.00 bits per heavy atom. The summed E-state index contributed by atoms with van der Waals surface area (Å²) in [5.74, 6) is 0. The Labute approximate surface area is 134 Å². The molecule has 1 aliphatic heterocycles. The van der Waals surface area contributed by atoms with Crippen molar-refractivity contribution in [3.8, 4) is 10.6 Å². The second-order valence-electron chi connectivity index (χ2n) is 5.00. The van der Waals surface area contributed by atoms with Crippen LogP contribution in [-0.4, -0.2) is 4.98 Å². The third-order valence-electron chi connectivity index (χ3n) is 3.66. The molecule has 0 saturated heterocycles. The van der Waals surface area contributed by atoms with Gasteiger partial charge in [-0.3, -0.25) is 4.79 Å². The number of para-hydroxylation sites is 1. The molecule has 0 radical (unpaired) electrons. The zero-order chi connectivity index (χ0) is 15.4. The summed E-state index contributed by atoms with van der Waals surface area (Å²) in [6, 6.07) is 11.0. The van der Waals surface area contributed by atoms with Crippen LogP contribution in [0.15, 0.2) is 41.2 Å². The summed E-state index contributed by atoms with van der Waals surface area (Å²) in [5.41, 5.74) is 14.0. The largest absolute Gasteiger partial charge is 0.398 e. The van der Waals surface area contributed by atoms with Crippen LogP contribution in [0.5, 0.6) is 0 Å². The van der Waals surface area contributed by atoms with Gasteiger partial charge in [-0.05, 0) is 24.3 Å². The Balaban J connectivity index is 2.38. The average Bonchev–Trinajstić information content (AvgIpc) is 2.53. The number of hydrogen-bond acceptors (Lipinski definition) is 5. The maximum absolute atomic E-state index is 12.6. The molecule has 0 fully saturated rings. The molecular weight excluding hydrogens is 318 g/mol. The van der Waals surface area contributed by atoms with Crippen molar-refractivity contribution in [3.05, 3.63) is 51.6 Å². The lowest BCUT2D eigenvalue weighted by atomic mass is 10.0. The van der Waals surface area contributed by atoms with E-state index in [0.29, 0.717) is 32.7 Å². The van der Waals surface area contributed by atoms with Crippen molar-refractivity contribution >= 4 is 55.3 Å². The van der Waals surface area contributed by atoms with E-state index < -0.39 is 0 Å². The maximum atomic E-state index is 12.6. The molecular formula is C16H10ClN3OS. The number of halogens is 1. The summed E-state index contributed by atoms with van der Waals surface area (Å²) < 4.78 is 0.957. The molecule has 108 valence electrons. The highest BCUT2D eigenvalue weighted by atomic mass is 35.5. The summed E-state index contributed by atoms with van der Waals surface area (Å²) >= 11 is 7.72. The zero-order valence-electron chi connectivity index (χ0n) is 11.3. The van der Waals surface area contributed by atoms with Gasteiger partial charge in [0.25, 0.3) is 0 Å². The van der Waals surface area contributed by atoms with E-state index in [2.05, 4.69) is 4.98 Å². The third-order valence-corrected chi connectivity index (χ3v) is 5.30. The van der Waals surface area contributed by atoms with E-state index in [1.807, 2.05) is 24.3 Å². The highest BCUT2D eigenvalue weighted by molar-refractivity contribution is 7.22. The molecule has 0 atom stereocenters. The van der Waals surface area contributed by atoms with Crippen LogP contribution in [0.25, 0.3) is 31.6 Å². The highest BCUT2D eigenvalue weighted by Crippen LogP contribution is 2.41. The molecule has 4 N–H and O–H groups in total. The van der Waals surface area contributed by atoms with Crippen molar-refractivity contribution in [1.29, 1.82) is 0 Å². The average molecular weight is 328 g/mol. The SMILES string of the molecule is Nc1ccc(N)c2c(=O)c(Cl)c3sc4ccccc4nc-3c12. The van der Waals surface area contributed by atoms with Crippen LogP contribution in [0.3, 0.4) is 0 Å². The molecule has 4 rings (SSSR count). The molecule has 1 aliphatic carbocycles. The molecule has 0 unspecified atom stereocenters. The molecule has 4 nitrogen and oxygen atoms in total. The lowest BCUT2D eigenvalue weighted by Crippen LogP contribution is -2.10. The Bertz CT molecular complexity index is 1090. The number of nitrogens with zero attached hydrogens (tertiary/aromatic N) is 1. The molecule has 2 aromatic carbocycles. The number of aromatic nitrogens is 1. The summed E-state index contributed by atoms with van der Waals surface area (Å²) in [7, 11) is 0. The quantitative estimate of drug-likeness (QED) is 0.293. The van der Waals surface area contributed by atoms with Crippen LogP contribution in [-0.2, 0) is 0 Å². The molecule has 6 heteroatoms. The van der Waals surface area contributed by atoms with Gasteiger partial charge < -0.3 is 11.5 Å². The fourth-order valence-electron chi connectivity index (χ4n) is 2.63. The first-order chi connectivity index (χ1) is 10.6. The minimum absolute atomic E-state index is 0.142. The lowest BCUT2D eigenvalue weighted by Gasteiger charge is -2.14. The van der Waals surface area contributed by atoms with Crippen LogP contribution < -0.4 is 16.9 Å². The van der Waals surface area contributed by atoms with Crippen molar-refractivity contribution < 1.29 is 0 Å². The lowest BCUT2D eigenvalue weighted by molar-refractivity contribution is 1.44. The van der Waals surface area contributed by atoms with Gasteiger partial charge in [-0.2, -0.15) is 0 Å². The minimum atomic E-state index is -0.303. The van der Waals surface area contributed by atoms with E-state index in [-0.39, 0.29) is 10.5 Å². The topological polar surface area (TPSA) is 82.0 Å². The van der Waals surface area contributed by atoms with Crippen molar-refractivity contribution in [2.45, 2.75) is 0 Å². The van der Waals surface area contributed by atoms with Crippen LogP contribution >= 0.6 is 22.9 Å². The molecule has 22 heavy (non-hydrogen) atoms. The summed E-state index contributed by atoms with van der Waals surface area (Å²) in [6.07, 6.45) is 0. The molecule has 0 saturated carbocycles. The Morgan fingerprint density at radius 2 is 1.68 bits per heavy atom. The number of benzene rings is 3.